The molecule has 0 aromatic carbocycles. The van der Waals surface area contributed by atoms with Gasteiger partial charge in [0, 0.05) is 6.04 Å². The van der Waals surface area contributed by atoms with E-state index in [2.05, 4.69) is 0 Å². The largest absolute Gasteiger partial charge is 0.481 e. The van der Waals surface area contributed by atoms with E-state index in [0.29, 0.717) is 0 Å². The average molecular weight is 167 g/mol. The van der Waals surface area contributed by atoms with Crippen LogP contribution < -0.4 is 5.73 Å². The Balaban J connectivity index is 3.03. The molecule has 1 rings (SSSR count). The fraction of sp³-hybridized carbons (Fsp3) is 0.444. The molecule has 0 heterocycles. The van der Waals surface area contributed by atoms with Crippen LogP contribution in [0.1, 0.15) is 13.8 Å². The molecule has 3 N–H and O–H groups in total. The van der Waals surface area contributed by atoms with Gasteiger partial charge < -0.3 is 10.8 Å². The van der Waals surface area contributed by atoms with E-state index in [0.717, 1.165) is 5.57 Å². The Kier molecular flexibility index (Phi) is 2.06. The molecule has 0 saturated heterocycles. The Morgan fingerprint density at radius 3 is 2.75 bits per heavy atom. The number of rotatable bonds is 1. The highest BCUT2D eigenvalue weighted by Gasteiger charge is 2.38. The summed E-state index contributed by atoms with van der Waals surface area (Å²) < 4.78 is 0. The van der Waals surface area contributed by atoms with E-state index in [9.17, 15) is 4.79 Å². The lowest BCUT2D eigenvalue weighted by Gasteiger charge is -2.31. The van der Waals surface area contributed by atoms with Gasteiger partial charge in [-0.3, -0.25) is 4.79 Å². The molecular formula is C9H13NO2. The van der Waals surface area contributed by atoms with Gasteiger partial charge in [0.15, 0.2) is 0 Å². The Morgan fingerprint density at radius 2 is 2.33 bits per heavy atom. The van der Waals surface area contributed by atoms with Crippen molar-refractivity contribution >= 4 is 5.97 Å². The maximum atomic E-state index is 10.9. The lowest BCUT2D eigenvalue weighted by molar-refractivity contribution is -0.145. The fourth-order valence-corrected chi connectivity index (χ4v) is 1.28. The molecule has 0 radical (unpaired) electrons. The van der Waals surface area contributed by atoms with E-state index >= 15 is 0 Å². The monoisotopic (exact) mass is 167 g/mol. The first-order valence-electron chi connectivity index (χ1n) is 3.83. The number of nitrogens with two attached hydrogens (primary N) is 1. The van der Waals surface area contributed by atoms with Crippen molar-refractivity contribution in [3.05, 3.63) is 23.8 Å². The quantitative estimate of drug-likeness (QED) is 0.610. The van der Waals surface area contributed by atoms with E-state index in [1.807, 2.05) is 13.0 Å². The summed E-state index contributed by atoms with van der Waals surface area (Å²) in [5.74, 6) is -0.876. The van der Waals surface area contributed by atoms with Gasteiger partial charge in [-0.2, -0.15) is 0 Å². The Labute approximate surface area is 71.6 Å². The Morgan fingerprint density at radius 1 is 1.75 bits per heavy atom. The van der Waals surface area contributed by atoms with Gasteiger partial charge in [-0.1, -0.05) is 23.8 Å². The summed E-state index contributed by atoms with van der Waals surface area (Å²) in [5, 5.41) is 8.93. The number of hydrogen-bond donors (Lipinski definition) is 2. The molecular weight excluding hydrogens is 154 g/mol. The normalized spacial score (nSPS) is 34.6. The molecule has 66 valence electrons. The van der Waals surface area contributed by atoms with Gasteiger partial charge in [-0.25, -0.2) is 0 Å². The first-order valence-corrected chi connectivity index (χ1v) is 3.83. The molecule has 0 fully saturated rings. The maximum absolute atomic E-state index is 10.9. The van der Waals surface area contributed by atoms with Crippen LogP contribution in [-0.4, -0.2) is 17.1 Å². The number of aliphatic carboxylic acids is 1. The molecule has 0 bridgehead atoms. The van der Waals surface area contributed by atoms with Crippen LogP contribution in [0.2, 0.25) is 0 Å². The Bertz CT molecular complexity index is 268. The van der Waals surface area contributed by atoms with Crippen LogP contribution in [0.25, 0.3) is 0 Å². The second-order valence-corrected chi connectivity index (χ2v) is 3.34. The summed E-state index contributed by atoms with van der Waals surface area (Å²) in [6.45, 7) is 3.47. The minimum atomic E-state index is -0.946. The van der Waals surface area contributed by atoms with Crippen LogP contribution in [0.15, 0.2) is 23.8 Å². The molecule has 12 heavy (non-hydrogen) atoms. The van der Waals surface area contributed by atoms with Gasteiger partial charge in [0.05, 0.1) is 0 Å². The maximum Gasteiger partial charge on any atom is 0.315 e. The lowest BCUT2D eigenvalue weighted by Crippen LogP contribution is -2.45. The average Bonchev–Trinajstić information content (AvgIpc) is 2.00. The summed E-state index contributed by atoms with van der Waals surface area (Å²) in [4.78, 5) is 10.9. The van der Waals surface area contributed by atoms with E-state index < -0.39 is 17.4 Å². The second-order valence-electron chi connectivity index (χ2n) is 3.34. The zero-order valence-electron chi connectivity index (χ0n) is 7.24. The summed E-state index contributed by atoms with van der Waals surface area (Å²) in [6, 6.07) is -0.417. The third kappa shape index (κ3) is 1.16. The summed E-state index contributed by atoms with van der Waals surface area (Å²) in [6.07, 6.45) is 5.22. The number of carbonyl (C=O) groups is 1. The summed E-state index contributed by atoms with van der Waals surface area (Å²) in [7, 11) is 0. The SMILES string of the molecule is CC1=CC=CC(C)(C(=O)O)C1N. The molecule has 0 aromatic heterocycles. The third-order valence-electron chi connectivity index (χ3n) is 2.40. The highest BCUT2D eigenvalue weighted by Crippen LogP contribution is 2.30. The van der Waals surface area contributed by atoms with Gasteiger partial charge in [0.1, 0.15) is 5.41 Å². The summed E-state index contributed by atoms with van der Waals surface area (Å²) >= 11 is 0. The van der Waals surface area contributed by atoms with Crippen LogP contribution in [-0.2, 0) is 4.79 Å². The lowest BCUT2D eigenvalue weighted by atomic mass is 9.76. The van der Waals surface area contributed by atoms with Crippen molar-refractivity contribution in [2.24, 2.45) is 11.1 Å². The van der Waals surface area contributed by atoms with Crippen molar-refractivity contribution in [1.82, 2.24) is 0 Å². The van der Waals surface area contributed by atoms with E-state index in [4.69, 9.17) is 10.8 Å². The minimum Gasteiger partial charge on any atom is -0.481 e. The highest BCUT2D eigenvalue weighted by molar-refractivity contribution is 5.79. The van der Waals surface area contributed by atoms with Crippen LogP contribution in [0.3, 0.4) is 0 Å². The smallest absolute Gasteiger partial charge is 0.315 e. The molecule has 1 aliphatic rings. The van der Waals surface area contributed by atoms with Gasteiger partial charge in [0.25, 0.3) is 0 Å². The van der Waals surface area contributed by atoms with Gasteiger partial charge in [-0.05, 0) is 13.8 Å². The van der Waals surface area contributed by atoms with Crippen molar-refractivity contribution in [3.63, 3.8) is 0 Å². The summed E-state index contributed by atoms with van der Waals surface area (Å²) in [5.41, 5.74) is 5.72. The zero-order valence-corrected chi connectivity index (χ0v) is 7.24. The van der Waals surface area contributed by atoms with Crippen molar-refractivity contribution in [2.75, 3.05) is 0 Å². The highest BCUT2D eigenvalue weighted by atomic mass is 16.4. The molecule has 0 saturated carbocycles. The Hall–Kier alpha value is -1.09. The van der Waals surface area contributed by atoms with Gasteiger partial charge in [0.2, 0.25) is 0 Å². The molecule has 3 nitrogen and oxygen atoms in total. The second kappa shape index (κ2) is 2.75. The first-order chi connectivity index (χ1) is 5.48. The number of hydrogen-bond acceptors (Lipinski definition) is 2. The molecule has 3 heteroatoms. The molecule has 1 aliphatic carbocycles. The van der Waals surface area contributed by atoms with Crippen LogP contribution in [0.4, 0.5) is 0 Å². The molecule has 0 amide bonds. The van der Waals surface area contributed by atoms with E-state index in [1.165, 1.54) is 0 Å². The van der Waals surface area contributed by atoms with Gasteiger partial charge in [-0.15, -0.1) is 0 Å². The molecule has 2 atom stereocenters. The zero-order chi connectivity index (χ0) is 9.35. The van der Waals surface area contributed by atoms with Crippen LogP contribution >= 0.6 is 0 Å². The van der Waals surface area contributed by atoms with E-state index in [-0.39, 0.29) is 0 Å². The first kappa shape index (κ1) is 9.00. The third-order valence-corrected chi connectivity index (χ3v) is 2.40. The molecule has 0 spiro atoms. The number of carboxylic acids is 1. The van der Waals surface area contributed by atoms with Crippen LogP contribution in [0.5, 0.6) is 0 Å². The van der Waals surface area contributed by atoms with Crippen molar-refractivity contribution < 1.29 is 9.90 Å². The molecule has 0 aliphatic heterocycles. The topological polar surface area (TPSA) is 63.3 Å². The minimum absolute atomic E-state index is 0.417. The van der Waals surface area contributed by atoms with Crippen molar-refractivity contribution in [3.8, 4) is 0 Å². The van der Waals surface area contributed by atoms with Crippen LogP contribution in [0, 0.1) is 5.41 Å². The molecule has 2 unspecified atom stereocenters. The van der Waals surface area contributed by atoms with Crippen molar-refractivity contribution in [2.45, 2.75) is 19.9 Å². The number of carboxylic acid groups (broad SMARTS) is 1. The predicted octanol–water partition coefficient (Wildman–Crippen LogP) is 0.921. The molecule has 0 aromatic rings. The van der Waals surface area contributed by atoms with E-state index in [1.54, 1.807) is 19.1 Å². The number of allylic oxidation sites excluding steroid dienone is 2. The fourth-order valence-electron chi connectivity index (χ4n) is 1.28. The van der Waals surface area contributed by atoms with Gasteiger partial charge >= 0.3 is 5.97 Å². The standard InChI is InChI=1S/C9H13NO2/c1-6-4-3-5-9(2,7(6)10)8(11)12/h3-5,7H,10H2,1-2H3,(H,11,12). The van der Waals surface area contributed by atoms with Crippen molar-refractivity contribution in [1.29, 1.82) is 0 Å². The predicted molar refractivity (Wildman–Crippen MR) is 46.6 cm³/mol.